The highest BCUT2D eigenvalue weighted by molar-refractivity contribution is 9.08. The van der Waals surface area contributed by atoms with E-state index in [0.717, 1.165) is 6.20 Å². The highest BCUT2D eigenvalue weighted by Crippen LogP contribution is 2.31. The van der Waals surface area contributed by atoms with E-state index in [-0.39, 0.29) is 21.5 Å². The van der Waals surface area contributed by atoms with Crippen molar-refractivity contribution in [2.24, 2.45) is 0 Å². The molecule has 1 rings (SSSR count). The molecule has 1 aromatic rings. The quantitative estimate of drug-likeness (QED) is 0.634. The Morgan fingerprint density at radius 2 is 2.31 bits per heavy atom. The van der Waals surface area contributed by atoms with Crippen molar-refractivity contribution in [1.82, 2.24) is 4.98 Å². The van der Waals surface area contributed by atoms with Crippen LogP contribution in [0.5, 0.6) is 0 Å². The SMILES string of the molecule is COC(=O)c1cnc(C(F)F)c(Cl)c1CBr. The fraction of sp³-hybridized carbons (Fsp3) is 0.333. The van der Waals surface area contributed by atoms with E-state index in [1.54, 1.807) is 0 Å². The van der Waals surface area contributed by atoms with Crippen molar-refractivity contribution in [1.29, 1.82) is 0 Å². The Bertz CT molecular complexity index is 415. The summed E-state index contributed by atoms with van der Waals surface area (Å²) < 4.78 is 29.4. The molecular weight excluding hydrogens is 307 g/mol. The second-order valence-corrected chi connectivity index (χ2v) is 3.71. The molecule has 0 spiro atoms. The van der Waals surface area contributed by atoms with Crippen LogP contribution in [0.15, 0.2) is 6.20 Å². The van der Waals surface area contributed by atoms with Gasteiger partial charge in [-0.05, 0) is 5.56 Å². The Morgan fingerprint density at radius 1 is 1.69 bits per heavy atom. The summed E-state index contributed by atoms with van der Waals surface area (Å²) in [6.07, 6.45) is -1.74. The van der Waals surface area contributed by atoms with E-state index in [1.165, 1.54) is 7.11 Å². The molecule has 0 fully saturated rings. The highest BCUT2D eigenvalue weighted by atomic mass is 79.9. The van der Waals surface area contributed by atoms with Gasteiger partial charge >= 0.3 is 5.97 Å². The molecule has 0 aliphatic carbocycles. The first kappa shape index (κ1) is 13.3. The molecule has 0 aliphatic heterocycles. The second-order valence-electron chi connectivity index (χ2n) is 2.78. The van der Waals surface area contributed by atoms with E-state index < -0.39 is 18.1 Å². The number of halogens is 4. The Kier molecular flexibility index (Phi) is 4.61. The van der Waals surface area contributed by atoms with Gasteiger partial charge in [-0.15, -0.1) is 0 Å². The van der Waals surface area contributed by atoms with Crippen LogP contribution in [0.3, 0.4) is 0 Å². The van der Waals surface area contributed by atoms with Crippen LogP contribution in [0, 0.1) is 0 Å². The molecule has 0 saturated heterocycles. The van der Waals surface area contributed by atoms with Gasteiger partial charge in [0.2, 0.25) is 0 Å². The maximum Gasteiger partial charge on any atom is 0.339 e. The first-order valence-electron chi connectivity index (χ1n) is 4.12. The smallest absolute Gasteiger partial charge is 0.339 e. The number of alkyl halides is 3. The fourth-order valence-corrected chi connectivity index (χ4v) is 2.15. The first-order valence-corrected chi connectivity index (χ1v) is 5.62. The Hall–Kier alpha value is -0.750. The number of nitrogens with zero attached hydrogens (tertiary/aromatic N) is 1. The normalized spacial score (nSPS) is 10.6. The topological polar surface area (TPSA) is 39.2 Å². The van der Waals surface area contributed by atoms with E-state index >= 15 is 0 Å². The number of hydrogen-bond acceptors (Lipinski definition) is 3. The van der Waals surface area contributed by atoms with Crippen LogP contribution in [0.4, 0.5) is 8.78 Å². The zero-order valence-corrected chi connectivity index (χ0v) is 10.5. The Labute approximate surface area is 104 Å². The molecule has 7 heteroatoms. The van der Waals surface area contributed by atoms with Crippen molar-refractivity contribution in [3.8, 4) is 0 Å². The molecule has 1 heterocycles. The number of esters is 1. The van der Waals surface area contributed by atoms with Gasteiger partial charge in [0.05, 0.1) is 17.7 Å². The van der Waals surface area contributed by atoms with E-state index in [4.69, 9.17) is 11.6 Å². The zero-order chi connectivity index (χ0) is 12.3. The standard InChI is InChI=1S/C9H7BrClF2NO2/c1-16-9(15)5-3-14-7(8(12)13)6(11)4(5)2-10/h3,8H,2H2,1H3. The third-order valence-electron chi connectivity index (χ3n) is 1.89. The Morgan fingerprint density at radius 3 is 2.75 bits per heavy atom. The van der Waals surface area contributed by atoms with E-state index in [2.05, 4.69) is 25.7 Å². The fourth-order valence-electron chi connectivity index (χ4n) is 1.11. The van der Waals surface area contributed by atoms with Gasteiger partial charge in [-0.1, -0.05) is 27.5 Å². The number of pyridine rings is 1. The van der Waals surface area contributed by atoms with Crippen LogP contribution < -0.4 is 0 Å². The average molecular weight is 315 g/mol. The van der Waals surface area contributed by atoms with Crippen LogP contribution in [0.1, 0.15) is 28.0 Å². The molecule has 0 radical (unpaired) electrons. The van der Waals surface area contributed by atoms with Crippen LogP contribution in [0.25, 0.3) is 0 Å². The van der Waals surface area contributed by atoms with Crippen molar-refractivity contribution < 1.29 is 18.3 Å². The molecule has 0 atom stereocenters. The summed E-state index contributed by atoms with van der Waals surface area (Å²) in [6, 6.07) is 0. The number of carbonyl (C=O) groups excluding carboxylic acids is 1. The van der Waals surface area contributed by atoms with Gasteiger partial charge in [-0.2, -0.15) is 0 Å². The lowest BCUT2D eigenvalue weighted by molar-refractivity contribution is 0.0598. The second kappa shape index (κ2) is 5.54. The van der Waals surface area contributed by atoms with Crippen LogP contribution in [-0.4, -0.2) is 18.1 Å². The predicted molar refractivity (Wildman–Crippen MR) is 58.2 cm³/mol. The van der Waals surface area contributed by atoms with E-state index in [1.807, 2.05) is 0 Å². The number of carbonyl (C=O) groups is 1. The predicted octanol–water partition coefficient (Wildman–Crippen LogP) is 3.35. The molecule has 0 N–H and O–H groups in total. The third kappa shape index (κ3) is 2.49. The van der Waals surface area contributed by atoms with Crippen LogP contribution >= 0.6 is 27.5 Å². The summed E-state index contributed by atoms with van der Waals surface area (Å²) in [5, 5.41) is -0.0480. The molecule has 16 heavy (non-hydrogen) atoms. The molecule has 0 aliphatic rings. The van der Waals surface area contributed by atoms with Gasteiger partial charge in [0.25, 0.3) is 6.43 Å². The van der Waals surface area contributed by atoms with Crippen molar-refractivity contribution in [3.05, 3.63) is 28.0 Å². The summed E-state index contributed by atoms with van der Waals surface area (Å²) >= 11 is 8.80. The van der Waals surface area contributed by atoms with E-state index in [9.17, 15) is 13.6 Å². The van der Waals surface area contributed by atoms with Crippen molar-refractivity contribution >= 4 is 33.5 Å². The minimum atomic E-state index is -2.78. The molecule has 88 valence electrons. The number of aromatic nitrogens is 1. The maximum absolute atomic E-state index is 12.5. The van der Waals surface area contributed by atoms with Gasteiger partial charge in [0.1, 0.15) is 5.69 Å². The molecule has 0 aromatic carbocycles. The summed E-state index contributed by atoms with van der Waals surface area (Å²) in [7, 11) is 1.19. The number of methoxy groups -OCH3 is 1. The summed E-state index contributed by atoms with van der Waals surface area (Å²) in [4.78, 5) is 14.7. The van der Waals surface area contributed by atoms with Crippen molar-refractivity contribution in [2.45, 2.75) is 11.8 Å². The lowest BCUT2D eigenvalue weighted by atomic mass is 10.1. The first-order chi connectivity index (χ1) is 7.52. The van der Waals surface area contributed by atoms with Gasteiger partial charge in [0, 0.05) is 11.5 Å². The number of hydrogen-bond donors (Lipinski definition) is 0. The highest BCUT2D eigenvalue weighted by Gasteiger charge is 2.22. The molecule has 0 bridgehead atoms. The van der Waals surface area contributed by atoms with Crippen LogP contribution in [-0.2, 0) is 10.1 Å². The molecule has 1 aromatic heterocycles. The molecule has 3 nitrogen and oxygen atoms in total. The number of ether oxygens (including phenoxy) is 1. The molecular formula is C9H7BrClF2NO2. The minimum absolute atomic E-state index is 0.0776. The Balaban J connectivity index is 3.35. The molecule has 0 amide bonds. The minimum Gasteiger partial charge on any atom is -0.465 e. The average Bonchev–Trinajstić information content (AvgIpc) is 2.26. The summed E-state index contributed by atoms with van der Waals surface area (Å²) in [5.74, 6) is -0.662. The van der Waals surface area contributed by atoms with Gasteiger partial charge in [-0.3, -0.25) is 4.98 Å². The van der Waals surface area contributed by atoms with Crippen molar-refractivity contribution in [2.75, 3.05) is 7.11 Å². The van der Waals surface area contributed by atoms with Crippen LogP contribution in [0.2, 0.25) is 5.02 Å². The van der Waals surface area contributed by atoms with Crippen molar-refractivity contribution in [3.63, 3.8) is 0 Å². The van der Waals surface area contributed by atoms with E-state index in [0.29, 0.717) is 0 Å². The van der Waals surface area contributed by atoms with Gasteiger partial charge in [0.15, 0.2) is 0 Å². The lowest BCUT2D eigenvalue weighted by Gasteiger charge is -2.10. The lowest BCUT2D eigenvalue weighted by Crippen LogP contribution is -2.08. The summed E-state index contributed by atoms with van der Waals surface area (Å²) in [5.41, 5.74) is -0.212. The van der Waals surface area contributed by atoms with Gasteiger partial charge < -0.3 is 4.74 Å². The maximum atomic E-state index is 12.5. The zero-order valence-electron chi connectivity index (χ0n) is 8.14. The third-order valence-corrected chi connectivity index (χ3v) is 2.88. The summed E-state index contributed by atoms with van der Waals surface area (Å²) in [6.45, 7) is 0. The largest absolute Gasteiger partial charge is 0.465 e. The van der Waals surface area contributed by atoms with Gasteiger partial charge in [-0.25, -0.2) is 13.6 Å². The number of rotatable bonds is 3. The monoisotopic (exact) mass is 313 g/mol. The molecule has 0 saturated carbocycles. The molecule has 0 unspecified atom stereocenters.